The van der Waals surface area contributed by atoms with Gasteiger partial charge in [0.25, 0.3) is 0 Å². The molecule has 1 N–H and O–H groups in total. The highest BCUT2D eigenvalue weighted by Gasteiger charge is 2.52. The number of nitrogens with zero attached hydrogens (tertiary/aromatic N) is 1. The maximum atomic E-state index is 12.8. The molecule has 0 bridgehead atoms. The Morgan fingerprint density at radius 3 is 2.39 bits per heavy atom. The molecular weight excluding hydrogens is 303 g/mol. The first-order valence-corrected chi connectivity index (χ1v) is 7.57. The van der Waals surface area contributed by atoms with Gasteiger partial charge >= 0.3 is 6.09 Å². The Hall–Kier alpha value is -2.44. The number of fused-ring (bicyclic) bond motifs is 1. The Kier molecular flexibility index (Phi) is 4.02. The van der Waals surface area contributed by atoms with Gasteiger partial charge in [-0.05, 0) is 43.5 Å². The van der Waals surface area contributed by atoms with Crippen LogP contribution in [0.4, 0.5) is 9.18 Å². The van der Waals surface area contributed by atoms with Gasteiger partial charge in [0.05, 0.1) is 5.54 Å². The molecular formula is C16H17FN2O4. The van der Waals surface area contributed by atoms with Crippen molar-refractivity contribution in [2.24, 2.45) is 0 Å². The number of carbonyl (C=O) groups excluding carboxylic acids is 3. The van der Waals surface area contributed by atoms with E-state index in [9.17, 15) is 18.8 Å². The molecule has 1 aromatic carbocycles. The fourth-order valence-electron chi connectivity index (χ4n) is 3.32. The number of nitrogens with one attached hydrogen (secondary N) is 1. The lowest BCUT2D eigenvalue weighted by Crippen LogP contribution is -2.45. The number of carbonyl (C=O) groups is 3. The van der Waals surface area contributed by atoms with Crippen molar-refractivity contribution in [2.75, 3.05) is 6.54 Å². The number of imide groups is 1. The zero-order chi connectivity index (χ0) is 16.4. The molecule has 2 fully saturated rings. The minimum Gasteiger partial charge on any atom is -0.410 e. The first-order valence-electron chi connectivity index (χ1n) is 7.57. The van der Waals surface area contributed by atoms with Gasteiger partial charge < -0.3 is 10.1 Å². The van der Waals surface area contributed by atoms with Crippen LogP contribution in [-0.4, -0.2) is 34.9 Å². The van der Waals surface area contributed by atoms with E-state index in [4.69, 9.17) is 4.74 Å². The second-order valence-corrected chi connectivity index (χ2v) is 5.87. The van der Waals surface area contributed by atoms with Crippen molar-refractivity contribution in [1.82, 2.24) is 10.2 Å². The van der Waals surface area contributed by atoms with Gasteiger partial charge in [-0.25, -0.2) is 9.18 Å². The number of hydrogen-bond acceptors (Lipinski definition) is 4. The number of ether oxygens (including phenoxy) is 1. The SMILES string of the molecule is O=C(NCCC12CCC(=O)N1C(=O)CC2)Oc1ccc(F)cc1. The van der Waals surface area contributed by atoms with E-state index in [1.807, 2.05) is 0 Å². The molecule has 0 aromatic heterocycles. The number of halogens is 1. The van der Waals surface area contributed by atoms with E-state index in [1.54, 1.807) is 0 Å². The van der Waals surface area contributed by atoms with Crippen molar-refractivity contribution in [1.29, 1.82) is 0 Å². The van der Waals surface area contributed by atoms with Crippen molar-refractivity contribution in [3.05, 3.63) is 30.1 Å². The Bertz CT molecular complexity index is 624. The first-order chi connectivity index (χ1) is 11.0. The molecule has 122 valence electrons. The predicted molar refractivity (Wildman–Crippen MR) is 78.1 cm³/mol. The van der Waals surface area contributed by atoms with Crippen LogP contribution in [0.1, 0.15) is 32.1 Å². The van der Waals surface area contributed by atoms with Crippen molar-refractivity contribution in [2.45, 2.75) is 37.6 Å². The highest BCUT2D eigenvalue weighted by Crippen LogP contribution is 2.42. The molecule has 0 saturated carbocycles. The van der Waals surface area contributed by atoms with E-state index >= 15 is 0 Å². The normalized spacial score (nSPS) is 18.9. The monoisotopic (exact) mass is 320 g/mol. The van der Waals surface area contributed by atoms with Crippen molar-refractivity contribution < 1.29 is 23.5 Å². The third-order valence-electron chi connectivity index (χ3n) is 4.47. The first kappa shape index (κ1) is 15.5. The van der Waals surface area contributed by atoms with Crippen LogP contribution < -0.4 is 10.1 Å². The van der Waals surface area contributed by atoms with Gasteiger partial charge in [-0.15, -0.1) is 0 Å². The summed E-state index contributed by atoms with van der Waals surface area (Å²) < 4.78 is 17.8. The van der Waals surface area contributed by atoms with Gasteiger partial charge in [0.2, 0.25) is 11.8 Å². The molecule has 0 unspecified atom stereocenters. The Morgan fingerprint density at radius 1 is 1.17 bits per heavy atom. The second kappa shape index (κ2) is 5.98. The van der Waals surface area contributed by atoms with E-state index in [0.717, 1.165) is 0 Å². The summed E-state index contributed by atoms with van der Waals surface area (Å²) in [5.74, 6) is -0.410. The standard InChI is InChI=1S/C16H17FN2O4/c17-11-1-3-12(4-2-11)23-15(22)18-10-9-16-7-5-13(20)19(16)14(21)6-8-16/h1-4H,5-10H2,(H,18,22). The molecule has 0 atom stereocenters. The molecule has 23 heavy (non-hydrogen) atoms. The molecule has 2 aliphatic heterocycles. The van der Waals surface area contributed by atoms with Crippen LogP contribution in [0.5, 0.6) is 5.75 Å². The van der Waals surface area contributed by atoms with E-state index in [-0.39, 0.29) is 17.6 Å². The minimum atomic E-state index is -0.645. The van der Waals surface area contributed by atoms with Crippen molar-refractivity contribution in [3.63, 3.8) is 0 Å². The van der Waals surface area contributed by atoms with Crippen LogP contribution in [0, 0.1) is 5.82 Å². The Morgan fingerprint density at radius 2 is 1.78 bits per heavy atom. The van der Waals surface area contributed by atoms with Crippen LogP contribution in [0.2, 0.25) is 0 Å². The Balaban J connectivity index is 1.51. The zero-order valence-electron chi connectivity index (χ0n) is 12.5. The number of benzene rings is 1. The zero-order valence-corrected chi connectivity index (χ0v) is 12.5. The smallest absolute Gasteiger partial charge is 0.410 e. The van der Waals surface area contributed by atoms with Crippen LogP contribution in [-0.2, 0) is 9.59 Å². The van der Waals surface area contributed by atoms with E-state index in [2.05, 4.69) is 5.32 Å². The van der Waals surface area contributed by atoms with Crippen molar-refractivity contribution >= 4 is 17.9 Å². The van der Waals surface area contributed by atoms with Gasteiger partial charge in [0.15, 0.2) is 0 Å². The molecule has 2 saturated heterocycles. The van der Waals surface area contributed by atoms with Crippen LogP contribution in [0.3, 0.4) is 0 Å². The quantitative estimate of drug-likeness (QED) is 0.861. The summed E-state index contributed by atoms with van der Waals surface area (Å²) in [5.41, 5.74) is -0.447. The van der Waals surface area contributed by atoms with Gasteiger partial charge in [0.1, 0.15) is 11.6 Å². The molecule has 7 heteroatoms. The van der Waals surface area contributed by atoms with E-state index < -0.39 is 17.4 Å². The molecule has 0 radical (unpaired) electrons. The maximum absolute atomic E-state index is 12.8. The molecule has 6 nitrogen and oxygen atoms in total. The minimum absolute atomic E-state index is 0.124. The van der Waals surface area contributed by atoms with E-state index in [1.165, 1.54) is 29.2 Å². The van der Waals surface area contributed by atoms with Crippen LogP contribution in [0.25, 0.3) is 0 Å². The average Bonchev–Trinajstić information content (AvgIpc) is 3.01. The molecule has 2 heterocycles. The summed E-state index contributed by atoms with van der Waals surface area (Å²) in [4.78, 5) is 36.7. The topological polar surface area (TPSA) is 75.7 Å². The van der Waals surface area contributed by atoms with Gasteiger partial charge in [-0.3, -0.25) is 14.5 Å². The molecule has 0 spiro atoms. The predicted octanol–water partition coefficient (Wildman–Crippen LogP) is 1.99. The summed E-state index contributed by atoms with van der Waals surface area (Å²) in [7, 11) is 0. The van der Waals surface area contributed by atoms with Crippen LogP contribution >= 0.6 is 0 Å². The highest BCUT2D eigenvalue weighted by molar-refractivity contribution is 5.99. The molecule has 0 aliphatic carbocycles. The fourth-order valence-corrected chi connectivity index (χ4v) is 3.32. The fraction of sp³-hybridized carbons (Fsp3) is 0.438. The number of rotatable bonds is 4. The summed E-state index contributed by atoms with van der Waals surface area (Å²) in [6.07, 6.45) is 1.92. The molecule has 1 aromatic rings. The largest absolute Gasteiger partial charge is 0.412 e. The lowest BCUT2D eigenvalue weighted by atomic mass is 9.90. The number of amides is 3. The maximum Gasteiger partial charge on any atom is 0.412 e. The Labute approximate surface area is 132 Å². The lowest BCUT2D eigenvalue weighted by molar-refractivity contribution is -0.142. The van der Waals surface area contributed by atoms with Gasteiger partial charge in [0, 0.05) is 19.4 Å². The van der Waals surface area contributed by atoms with Gasteiger partial charge in [-0.2, -0.15) is 0 Å². The van der Waals surface area contributed by atoms with Gasteiger partial charge in [-0.1, -0.05) is 0 Å². The highest BCUT2D eigenvalue weighted by atomic mass is 19.1. The third-order valence-corrected chi connectivity index (χ3v) is 4.47. The van der Waals surface area contributed by atoms with E-state index in [0.29, 0.717) is 38.6 Å². The van der Waals surface area contributed by atoms with Crippen LogP contribution in [0.15, 0.2) is 24.3 Å². The summed E-state index contributed by atoms with van der Waals surface area (Å²) in [5, 5.41) is 2.61. The summed E-state index contributed by atoms with van der Waals surface area (Å²) >= 11 is 0. The molecule has 3 rings (SSSR count). The molecule has 3 amide bonds. The van der Waals surface area contributed by atoms with Crippen molar-refractivity contribution in [3.8, 4) is 5.75 Å². The number of hydrogen-bond donors (Lipinski definition) is 1. The summed E-state index contributed by atoms with van der Waals surface area (Å²) in [6.45, 7) is 0.303. The summed E-state index contributed by atoms with van der Waals surface area (Å²) in [6, 6.07) is 5.13. The molecule has 2 aliphatic rings. The lowest BCUT2D eigenvalue weighted by Gasteiger charge is -2.30. The second-order valence-electron chi connectivity index (χ2n) is 5.87. The average molecular weight is 320 g/mol. The third kappa shape index (κ3) is 3.04.